The zero-order valence-electron chi connectivity index (χ0n) is 14.5. The molecule has 0 radical (unpaired) electrons. The lowest BCUT2D eigenvalue weighted by Crippen LogP contribution is -2.52. The van der Waals surface area contributed by atoms with E-state index in [1.807, 2.05) is 6.07 Å². The van der Waals surface area contributed by atoms with Crippen LogP contribution in [-0.4, -0.2) is 52.0 Å². The molecule has 24 heavy (non-hydrogen) atoms. The summed E-state index contributed by atoms with van der Waals surface area (Å²) >= 11 is 0. The molecule has 126 valence electrons. The van der Waals surface area contributed by atoms with Crippen LogP contribution >= 0.6 is 0 Å². The van der Waals surface area contributed by atoms with E-state index in [-0.39, 0.29) is 5.91 Å². The van der Waals surface area contributed by atoms with Crippen LogP contribution in [-0.2, 0) is 13.5 Å². The molecule has 1 amide bonds. The van der Waals surface area contributed by atoms with Crippen molar-refractivity contribution in [2.24, 2.45) is 7.05 Å². The fraction of sp³-hybridized carbons (Fsp3) is 0.550. The van der Waals surface area contributed by atoms with Crippen LogP contribution in [0.25, 0.3) is 10.9 Å². The smallest absolute Gasteiger partial charge is 0.256 e. The number of carbonyl (C=O) groups is 1. The first kappa shape index (κ1) is 14.5. The number of para-hydroxylation sites is 1. The summed E-state index contributed by atoms with van der Waals surface area (Å²) in [4.78, 5) is 18.1. The quantitative estimate of drug-likeness (QED) is 0.807. The van der Waals surface area contributed by atoms with Crippen molar-refractivity contribution in [1.82, 2.24) is 14.4 Å². The second kappa shape index (κ2) is 5.09. The lowest BCUT2D eigenvalue weighted by atomic mass is 9.93. The monoisotopic (exact) mass is 323 g/mol. The minimum absolute atomic E-state index is 0.266. The Hall–Kier alpha value is -1.81. The molecule has 3 aliphatic rings. The molecule has 2 aromatic rings. The molecule has 0 N–H and O–H groups in total. The van der Waals surface area contributed by atoms with Crippen LogP contribution in [0.2, 0.25) is 0 Å². The van der Waals surface area contributed by atoms with Gasteiger partial charge in [0.25, 0.3) is 5.91 Å². The number of amides is 1. The minimum atomic E-state index is 0.266. The molecule has 2 bridgehead atoms. The number of rotatable bonds is 1. The number of aryl methyl sites for hydroxylation is 1. The van der Waals surface area contributed by atoms with Crippen molar-refractivity contribution in [2.45, 2.75) is 50.2 Å². The van der Waals surface area contributed by atoms with Gasteiger partial charge in [0.2, 0.25) is 0 Å². The Bertz CT molecular complexity index is 810. The number of benzene rings is 1. The third kappa shape index (κ3) is 1.86. The van der Waals surface area contributed by atoms with E-state index in [1.165, 1.54) is 24.1 Å². The number of fused-ring (bicyclic) bond motifs is 5. The highest BCUT2D eigenvalue weighted by Gasteiger charge is 2.43. The molecule has 2 atom stereocenters. The second-order valence-corrected chi connectivity index (χ2v) is 7.82. The van der Waals surface area contributed by atoms with Crippen molar-refractivity contribution < 1.29 is 4.79 Å². The Balaban J connectivity index is 1.52. The van der Waals surface area contributed by atoms with E-state index >= 15 is 0 Å². The Labute approximate surface area is 143 Å². The zero-order valence-corrected chi connectivity index (χ0v) is 14.5. The molecule has 4 heteroatoms. The molecule has 1 aromatic carbocycles. The number of carbonyl (C=O) groups excluding carboxylic acids is 1. The molecule has 0 spiro atoms. The Kier molecular flexibility index (Phi) is 3.08. The molecule has 4 nitrogen and oxygen atoms in total. The van der Waals surface area contributed by atoms with Gasteiger partial charge in [0.15, 0.2) is 0 Å². The second-order valence-electron chi connectivity index (χ2n) is 7.82. The summed E-state index contributed by atoms with van der Waals surface area (Å²) in [5.74, 6) is 0.266. The maximum Gasteiger partial charge on any atom is 0.256 e. The summed E-state index contributed by atoms with van der Waals surface area (Å²) in [5.41, 5.74) is 3.36. The SMILES string of the molecule is CN1C2CCC1CC(N1CCc3c(c4ccccc4n3C)C1=O)C2. The fourth-order valence-corrected chi connectivity index (χ4v) is 5.43. The first-order chi connectivity index (χ1) is 11.6. The predicted molar refractivity (Wildman–Crippen MR) is 95.3 cm³/mol. The highest BCUT2D eigenvalue weighted by atomic mass is 16.2. The number of hydrogen-bond acceptors (Lipinski definition) is 2. The van der Waals surface area contributed by atoms with Crippen molar-refractivity contribution >= 4 is 16.8 Å². The van der Waals surface area contributed by atoms with Crippen molar-refractivity contribution in [3.05, 3.63) is 35.5 Å². The van der Waals surface area contributed by atoms with Gasteiger partial charge in [-0.3, -0.25) is 4.79 Å². The lowest BCUT2D eigenvalue weighted by molar-refractivity contribution is 0.0465. The standard InChI is InChI=1S/C20H25N3O/c1-21-13-7-8-14(21)12-15(11-13)23-10-9-18-19(20(23)24)16-5-3-4-6-17(16)22(18)2/h3-6,13-15H,7-12H2,1-2H3. The van der Waals surface area contributed by atoms with Gasteiger partial charge in [0.05, 0.1) is 5.56 Å². The molecule has 3 aliphatic heterocycles. The van der Waals surface area contributed by atoms with E-state index in [0.717, 1.165) is 36.8 Å². The highest BCUT2D eigenvalue weighted by molar-refractivity contribution is 6.09. The molecular formula is C20H25N3O. The molecule has 5 rings (SSSR count). The van der Waals surface area contributed by atoms with Gasteiger partial charge in [-0.25, -0.2) is 0 Å². The summed E-state index contributed by atoms with van der Waals surface area (Å²) in [7, 11) is 4.36. The Morgan fingerprint density at radius 2 is 1.71 bits per heavy atom. The Morgan fingerprint density at radius 1 is 1.00 bits per heavy atom. The van der Waals surface area contributed by atoms with E-state index in [9.17, 15) is 4.79 Å². The third-order valence-corrected chi connectivity index (χ3v) is 6.81. The van der Waals surface area contributed by atoms with Crippen LogP contribution in [0.3, 0.4) is 0 Å². The van der Waals surface area contributed by atoms with Crippen molar-refractivity contribution in [1.29, 1.82) is 0 Å². The van der Waals surface area contributed by atoms with Crippen LogP contribution in [0.15, 0.2) is 24.3 Å². The van der Waals surface area contributed by atoms with Crippen molar-refractivity contribution in [3.63, 3.8) is 0 Å². The summed E-state index contributed by atoms with van der Waals surface area (Å²) in [6, 6.07) is 10.1. The molecular weight excluding hydrogens is 298 g/mol. The first-order valence-corrected chi connectivity index (χ1v) is 9.24. The minimum Gasteiger partial charge on any atom is -0.347 e. The van der Waals surface area contributed by atoms with Gasteiger partial charge in [-0.05, 0) is 38.8 Å². The van der Waals surface area contributed by atoms with E-state index in [2.05, 4.69) is 46.7 Å². The first-order valence-electron chi connectivity index (χ1n) is 9.24. The van der Waals surface area contributed by atoms with Gasteiger partial charge in [-0.15, -0.1) is 0 Å². The summed E-state index contributed by atoms with van der Waals surface area (Å²) < 4.78 is 2.22. The number of aromatic nitrogens is 1. The average molecular weight is 323 g/mol. The van der Waals surface area contributed by atoms with Crippen molar-refractivity contribution in [2.75, 3.05) is 13.6 Å². The Morgan fingerprint density at radius 3 is 2.46 bits per heavy atom. The largest absolute Gasteiger partial charge is 0.347 e. The average Bonchev–Trinajstić information content (AvgIpc) is 2.98. The molecule has 2 unspecified atom stereocenters. The fourth-order valence-electron chi connectivity index (χ4n) is 5.43. The molecule has 2 fully saturated rings. The topological polar surface area (TPSA) is 28.5 Å². The van der Waals surface area contributed by atoms with Crippen LogP contribution in [0.5, 0.6) is 0 Å². The zero-order chi connectivity index (χ0) is 16.4. The number of nitrogens with zero attached hydrogens (tertiary/aromatic N) is 3. The predicted octanol–water partition coefficient (Wildman–Crippen LogP) is 2.80. The van der Waals surface area contributed by atoms with Crippen LogP contribution in [0.1, 0.15) is 41.7 Å². The van der Waals surface area contributed by atoms with Gasteiger partial charge >= 0.3 is 0 Å². The normalized spacial score (nSPS) is 30.2. The molecule has 2 saturated heterocycles. The molecule has 0 aliphatic carbocycles. The van der Waals surface area contributed by atoms with Crippen LogP contribution in [0, 0.1) is 0 Å². The summed E-state index contributed by atoms with van der Waals surface area (Å²) in [6.45, 7) is 0.879. The maximum atomic E-state index is 13.4. The van der Waals surface area contributed by atoms with Gasteiger partial charge < -0.3 is 14.4 Å². The summed E-state index contributed by atoms with van der Waals surface area (Å²) in [5, 5.41) is 1.13. The molecule has 4 heterocycles. The number of piperidine rings is 1. The van der Waals surface area contributed by atoms with Crippen LogP contribution < -0.4 is 0 Å². The molecule has 0 saturated carbocycles. The van der Waals surface area contributed by atoms with Gasteiger partial charge in [0, 0.05) is 54.7 Å². The summed E-state index contributed by atoms with van der Waals surface area (Å²) in [6.07, 6.45) is 5.89. The van der Waals surface area contributed by atoms with E-state index in [1.54, 1.807) is 0 Å². The van der Waals surface area contributed by atoms with E-state index in [4.69, 9.17) is 0 Å². The van der Waals surface area contributed by atoms with E-state index in [0.29, 0.717) is 18.1 Å². The van der Waals surface area contributed by atoms with Gasteiger partial charge in [0.1, 0.15) is 0 Å². The van der Waals surface area contributed by atoms with Gasteiger partial charge in [-0.1, -0.05) is 18.2 Å². The molecule has 1 aromatic heterocycles. The highest BCUT2D eigenvalue weighted by Crippen LogP contribution is 2.38. The third-order valence-electron chi connectivity index (χ3n) is 6.81. The maximum absolute atomic E-state index is 13.4. The van der Waals surface area contributed by atoms with Crippen molar-refractivity contribution in [3.8, 4) is 0 Å². The number of hydrogen-bond donors (Lipinski definition) is 0. The van der Waals surface area contributed by atoms with Crippen LogP contribution in [0.4, 0.5) is 0 Å². The van der Waals surface area contributed by atoms with E-state index < -0.39 is 0 Å². The van der Waals surface area contributed by atoms with Gasteiger partial charge in [-0.2, -0.15) is 0 Å². The lowest BCUT2D eigenvalue weighted by Gasteiger charge is -2.43.